The summed E-state index contributed by atoms with van der Waals surface area (Å²) < 4.78 is 29.0. The molecule has 3 heterocycles. The number of pyridine rings is 1. The van der Waals surface area contributed by atoms with Crippen LogP contribution in [0, 0.1) is 13.8 Å². The van der Waals surface area contributed by atoms with Crippen LogP contribution in [-0.4, -0.2) is 26.6 Å². The van der Waals surface area contributed by atoms with E-state index in [1.807, 2.05) is 13.8 Å². The highest BCUT2D eigenvalue weighted by molar-refractivity contribution is 9.10. The third kappa shape index (κ3) is 3.71. The molecule has 0 spiro atoms. The maximum atomic E-state index is 13.3. The Kier molecular flexibility index (Phi) is 5.35. The molecule has 1 aliphatic carbocycles. The van der Waals surface area contributed by atoms with Gasteiger partial charge in [0.2, 0.25) is 5.91 Å². The first-order chi connectivity index (χ1) is 14.2. The quantitative estimate of drug-likeness (QED) is 0.525. The Hall–Kier alpha value is -2.40. The topological polar surface area (TPSA) is 103 Å². The fraction of sp³-hybridized carbons (Fsp3) is 0.368. The summed E-state index contributed by atoms with van der Waals surface area (Å²) in [5.41, 5.74) is 7.62. The van der Waals surface area contributed by atoms with Gasteiger partial charge in [0.15, 0.2) is 0 Å². The summed E-state index contributed by atoms with van der Waals surface area (Å²) in [6.45, 7) is 3.57. The van der Waals surface area contributed by atoms with Gasteiger partial charge in [0.1, 0.15) is 21.9 Å². The molecule has 158 valence electrons. The molecule has 11 heteroatoms. The second-order valence-electron chi connectivity index (χ2n) is 7.25. The van der Waals surface area contributed by atoms with Gasteiger partial charge in [0, 0.05) is 5.39 Å². The molecule has 1 aliphatic rings. The number of thiophene rings is 1. The smallest absolute Gasteiger partial charge is 0.280 e. The average Bonchev–Trinajstić information content (AvgIpc) is 3.42. The minimum absolute atomic E-state index is 0.0743. The molecule has 3 N–H and O–H groups in total. The Morgan fingerprint density at radius 3 is 2.63 bits per heavy atom. The number of alkyl halides is 2. The van der Waals surface area contributed by atoms with Crippen LogP contribution in [0.15, 0.2) is 10.5 Å². The number of nitrogens with two attached hydrogens (primary N) is 1. The lowest BCUT2D eigenvalue weighted by atomic mass is 10.0. The van der Waals surface area contributed by atoms with E-state index < -0.39 is 18.2 Å². The van der Waals surface area contributed by atoms with Crippen molar-refractivity contribution in [2.45, 2.75) is 45.6 Å². The molecule has 0 saturated heterocycles. The van der Waals surface area contributed by atoms with Gasteiger partial charge < -0.3 is 11.1 Å². The van der Waals surface area contributed by atoms with Gasteiger partial charge in [0.25, 0.3) is 12.3 Å². The zero-order chi connectivity index (χ0) is 21.7. The van der Waals surface area contributed by atoms with Gasteiger partial charge in [-0.25, -0.2) is 13.8 Å². The van der Waals surface area contributed by atoms with Crippen LogP contribution in [0.3, 0.4) is 0 Å². The Balaban J connectivity index is 1.77. The van der Waals surface area contributed by atoms with E-state index in [0.717, 1.165) is 40.0 Å². The standard InChI is InChI=1S/C19H18BrF2N5O2S/c1-7-14(20)8(2)27(26-7)6-12(28)25-15-13-10(9-3-4-9)5-11(17(21)22)24-19(13)30-16(15)18(23)29/h5,9,17H,3-4,6H2,1-2H3,(H2,23,29)(H,25,28). The number of anilines is 1. The average molecular weight is 498 g/mol. The van der Waals surface area contributed by atoms with Crippen molar-refractivity contribution in [3.63, 3.8) is 0 Å². The fourth-order valence-electron chi connectivity index (χ4n) is 3.41. The maximum absolute atomic E-state index is 13.3. The number of carbonyl (C=O) groups is 2. The van der Waals surface area contributed by atoms with E-state index in [-0.39, 0.29) is 33.6 Å². The number of nitrogens with zero attached hydrogens (tertiary/aromatic N) is 3. The van der Waals surface area contributed by atoms with E-state index in [9.17, 15) is 18.4 Å². The van der Waals surface area contributed by atoms with Crippen molar-refractivity contribution in [1.29, 1.82) is 0 Å². The number of rotatable bonds is 6. The lowest BCUT2D eigenvalue weighted by Gasteiger charge is -2.11. The van der Waals surface area contributed by atoms with Gasteiger partial charge in [0.05, 0.1) is 21.5 Å². The van der Waals surface area contributed by atoms with E-state index in [4.69, 9.17) is 5.73 Å². The van der Waals surface area contributed by atoms with Crippen molar-refractivity contribution in [1.82, 2.24) is 14.8 Å². The SMILES string of the molecule is Cc1nn(CC(=O)Nc2c(C(N)=O)sc3nc(C(F)F)cc(C4CC4)c23)c(C)c1Br. The van der Waals surface area contributed by atoms with Crippen LogP contribution in [0.5, 0.6) is 0 Å². The van der Waals surface area contributed by atoms with Crippen molar-refractivity contribution in [3.05, 3.63) is 38.1 Å². The highest BCUT2D eigenvalue weighted by atomic mass is 79.9. The van der Waals surface area contributed by atoms with Gasteiger partial charge in [-0.1, -0.05) is 0 Å². The molecule has 0 radical (unpaired) electrons. The molecule has 1 saturated carbocycles. The number of primary amides is 1. The van der Waals surface area contributed by atoms with Crippen LogP contribution in [0.4, 0.5) is 14.5 Å². The summed E-state index contributed by atoms with van der Waals surface area (Å²) in [5, 5.41) is 7.59. The number of aromatic nitrogens is 3. The molecule has 4 rings (SSSR count). The van der Waals surface area contributed by atoms with E-state index in [2.05, 4.69) is 31.3 Å². The lowest BCUT2D eigenvalue weighted by Crippen LogP contribution is -2.22. The molecule has 0 aliphatic heterocycles. The summed E-state index contributed by atoms with van der Waals surface area (Å²) in [7, 11) is 0. The number of nitrogens with one attached hydrogen (secondary N) is 1. The second kappa shape index (κ2) is 7.69. The number of carbonyl (C=O) groups excluding carboxylic acids is 2. The summed E-state index contributed by atoms with van der Waals surface area (Å²) in [6, 6.07) is 1.37. The third-order valence-electron chi connectivity index (χ3n) is 5.03. The normalized spacial score (nSPS) is 13.9. The number of hydrogen-bond acceptors (Lipinski definition) is 5. The van der Waals surface area contributed by atoms with Crippen LogP contribution >= 0.6 is 27.3 Å². The van der Waals surface area contributed by atoms with Crippen molar-refractivity contribution < 1.29 is 18.4 Å². The molecule has 30 heavy (non-hydrogen) atoms. The second-order valence-corrected chi connectivity index (χ2v) is 9.04. The monoisotopic (exact) mass is 497 g/mol. The first kappa shape index (κ1) is 20.9. The molecule has 0 bridgehead atoms. The number of hydrogen-bond donors (Lipinski definition) is 2. The lowest BCUT2D eigenvalue weighted by molar-refractivity contribution is -0.116. The molecular weight excluding hydrogens is 480 g/mol. The minimum atomic E-state index is -2.73. The van der Waals surface area contributed by atoms with E-state index in [0.29, 0.717) is 10.9 Å². The van der Waals surface area contributed by atoms with Crippen LogP contribution < -0.4 is 11.1 Å². The zero-order valence-electron chi connectivity index (χ0n) is 16.1. The molecular formula is C19H18BrF2N5O2S. The molecule has 2 amide bonds. The minimum Gasteiger partial charge on any atom is -0.365 e. The maximum Gasteiger partial charge on any atom is 0.280 e. The summed E-state index contributed by atoms with van der Waals surface area (Å²) in [5.74, 6) is -1.05. The van der Waals surface area contributed by atoms with Crippen LogP contribution in [0.25, 0.3) is 10.2 Å². The first-order valence-electron chi connectivity index (χ1n) is 9.22. The van der Waals surface area contributed by atoms with Crippen molar-refractivity contribution >= 4 is 55.0 Å². The Bertz CT molecular complexity index is 1190. The zero-order valence-corrected chi connectivity index (χ0v) is 18.5. The summed E-state index contributed by atoms with van der Waals surface area (Å²) in [6.07, 6.45) is -1.01. The predicted octanol–water partition coefficient (Wildman–Crippen LogP) is 4.42. The van der Waals surface area contributed by atoms with Crippen LogP contribution in [0.1, 0.15) is 57.5 Å². The van der Waals surface area contributed by atoms with Gasteiger partial charge in [-0.15, -0.1) is 11.3 Å². The van der Waals surface area contributed by atoms with Gasteiger partial charge >= 0.3 is 0 Å². The number of fused-ring (bicyclic) bond motifs is 1. The van der Waals surface area contributed by atoms with Gasteiger partial charge in [-0.05, 0) is 60.2 Å². The highest BCUT2D eigenvalue weighted by Crippen LogP contribution is 2.48. The van der Waals surface area contributed by atoms with E-state index in [1.54, 1.807) is 4.68 Å². The summed E-state index contributed by atoms with van der Waals surface area (Å²) >= 11 is 4.34. The number of aryl methyl sites for hydroxylation is 1. The molecule has 0 unspecified atom stereocenters. The van der Waals surface area contributed by atoms with Crippen LogP contribution in [0.2, 0.25) is 0 Å². The third-order valence-corrected chi connectivity index (χ3v) is 7.27. The Morgan fingerprint density at radius 1 is 1.40 bits per heavy atom. The van der Waals surface area contributed by atoms with E-state index >= 15 is 0 Å². The fourth-order valence-corrected chi connectivity index (χ4v) is 4.72. The van der Waals surface area contributed by atoms with Crippen LogP contribution in [-0.2, 0) is 11.3 Å². The van der Waals surface area contributed by atoms with Crippen molar-refractivity contribution in [2.24, 2.45) is 5.73 Å². The van der Waals surface area contributed by atoms with Crippen molar-refractivity contribution in [2.75, 3.05) is 5.32 Å². The van der Waals surface area contributed by atoms with E-state index in [1.165, 1.54) is 6.07 Å². The molecule has 3 aromatic rings. The highest BCUT2D eigenvalue weighted by Gasteiger charge is 2.31. The molecule has 0 aromatic carbocycles. The number of halogens is 3. The Morgan fingerprint density at radius 2 is 2.10 bits per heavy atom. The first-order valence-corrected chi connectivity index (χ1v) is 10.8. The number of amides is 2. The molecule has 0 atom stereocenters. The molecule has 1 fully saturated rings. The Labute approximate surface area is 182 Å². The molecule has 3 aromatic heterocycles. The summed E-state index contributed by atoms with van der Waals surface area (Å²) in [4.78, 5) is 29.2. The largest absolute Gasteiger partial charge is 0.365 e. The molecule has 7 nitrogen and oxygen atoms in total. The van der Waals surface area contributed by atoms with Gasteiger partial charge in [-0.2, -0.15) is 5.10 Å². The van der Waals surface area contributed by atoms with Gasteiger partial charge in [-0.3, -0.25) is 14.3 Å². The van der Waals surface area contributed by atoms with Crippen molar-refractivity contribution in [3.8, 4) is 0 Å². The predicted molar refractivity (Wildman–Crippen MR) is 113 cm³/mol.